The number of carbonyl (C=O) groups is 1. The van der Waals surface area contributed by atoms with Crippen molar-refractivity contribution < 1.29 is 9.18 Å². The molecule has 0 aliphatic carbocycles. The van der Waals surface area contributed by atoms with Gasteiger partial charge in [-0.05, 0) is 31.0 Å². The second kappa shape index (κ2) is 7.67. The average Bonchev–Trinajstić information content (AvgIpc) is 3.33. The first-order valence-electron chi connectivity index (χ1n) is 9.14. The highest BCUT2D eigenvalue weighted by Crippen LogP contribution is 2.33. The number of likely N-dealkylation sites (tertiary alicyclic amines) is 1. The summed E-state index contributed by atoms with van der Waals surface area (Å²) in [5, 5.41) is 7.22. The predicted octanol–water partition coefficient (Wildman–Crippen LogP) is 3.49. The lowest BCUT2D eigenvalue weighted by Crippen LogP contribution is -2.30. The number of anilines is 2. The van der Waals surface area contributed by atoms with Gasteiger partial charge in [-0.15, -0.1) is 11.3 Å². The van der Waals surface area contributed by atoms with Crippen molar-refractivity contribution in [3.63, 3.8) is 0 Å². The lowest BCUT2D eigenvalue weighted by Gasteiger charge is -2.17. The fraction of sp³-hybridized carbons (Fsp3) is 0.368. The van der Waals surface area contributed by atoms with Gasteiger partial charge in [0.25, 0.3) is 5.91 Å². The van der Waals surface area contributed by atoms with Gasteiger partial charge in [0.1, 0.15) is 6.17 Å². The molecule has 3 aromatic heterocycles. The molecule has 9 heteroatoms. The van der Waals surface area contributed by atoms with Crippen LogP contribution in [-0.2, 0) is 0 Å². The maximum Gasteiger partial charge on any atom is 0.274 e. The van der Waals surface area contributed by atoms with Crippen LogP contribution in [0.25, 0.3) is 10.2 Å². The molecule has 1 fully saturated rings. The van der Waals surface area contributed by atoms with E-state index >= 15 is 0 Å². The molecule has 4 rings (SSSR count). The number of halogens is 1. The minimum Gasteiger partial charge on any atom is -0.380 e. The van der Waals surface area contributed by atoms with Crippen molar-refractivity contribution in [3.8, 4) is 0 Å². The van der Waals surface area contributed by atoms with Crippen LogP contribution in [0.1, 0.15) is 35.4 Å². The normalized spacial score (nSPS) is 17.7. The van der Waals surface area contributed by atoms with E-state index in [0.717, 1.165) is 10.6 Å². The average molecular weight is 400 g/mol. The summed E-state index contributed by atoms with van der Waals surface area (Å²) < 4.78 is 14.3. The van der Waals surface area contributed by atoms with Crippen LogP contribution in [0, 0.1) is 0 Å². The van der Waals surface area contributed by atoms with E-state index in [1.807, 2.05) is 32.2 Å². The summed E-state index contributed by atoms with van der Waals surface area (Å²) in [6, 6.07) is 5.63. The number of pyridine rings is 1. The molecule has 1 amide bonds. The highest BCUT2D eigenvalue weighted by Gasteiger charge is 2.29. The van der Waals surface area contributed by atoms with E-state index in [4.69, 9.17) is 0 Å². The van der Waals surface area contributed by atoms with Gasteiger partial charge in [0.05, 0.1) is 27.8 Å². The van der Waals surface area contributed by atoms with Crippen LogP contribution in [0.15, 0.2) is 30.6 Å². The Morgan fingerprint density at radius 1 is 1.43 bits per heavy atom. The molecule has 1 saturated heterocycles. The Hall–Kier alpha value is -2.81. The Labute approximate surface area is 166 Å². The quantitative estimate of drug-likeness (QED) is 0.682. The van der Waals surface area contributed by atoms with Crippen LogP contribution < -0.4 is 10.6 Å². The van der Waals surface area contributed by atoms with Gasteiger partial charge in [0.2, 0.25) is 5.95 Å². The minimum absolute atomic E-state index is 0.0847. The molecular formula is C19H21FN6OS. The first-order chi connectivity index (χ1) is 13.5. The highest BCUT2D eigenvalue weighted by atomic mass is 32.1. The number of fused-ring (bicyclic) bond motifs is 1. The second-order valence-electron chi connectivity index (χ2n) is 6.76. The second-order valence-corrected chi connectivity index (χ2v) is 7.81. The number of nitrogens with zero attached hydrogens (tertiary/aromatic N) is 4. The third-order valence-corrected chi connectivity index (χ3v) is 5.92. The molecule has 28 heavy (non-hydrogen) atoms. The molecule has 0 radical (unpaired) electrons. The third kappa shape index (κ3) is 3.62. The summed E-state index contributed by atoms with van der Waals surface area (Å²) in [6.07, 6.45) is 2.89. The molecule has 0 aromatic carbocycles. The molecule has 0 saturated carbocycles. The molecule has 3 aromatic rings. The molecule has 1 aliphatic rings. The molecule has 1 aliphatic heterocycles. The number of amides is 1. The Balaban J connectivity index is 1.70. The molecule has 0 bridgehead atoms. The van der Waals surface area contributed by atoms with Crippen LogP contribution in [-0.4, -0.2) is 52.1 Å². The SMILES string of the molecule is CNc1cc2nc(NC(C)c3cccnc3)nc(C(=O)N3CC[C@H](F)C3)c2s1. The number of aromatic nitrogens is 3. The number of hydrogen-bond acceptors (Lipinski definition) is 7. The van der Waals surface area contributed by atoms with Crippen molar-refractivity contribution in [1.82, 2.24) is 19.9 Å². The summed E-state index contributed by atoms with van der Waals surface area (Å²) in [5.74, 6) is 0.109. The summed E-state index contributed by atoms with van der Waals surface area (Å²) in [4.78, 5) is 27.8. The Kier molecular flexibility index (Phi) is 5.08. The number of nitrogens with one attached hydrogen (secondary N) is 2. The molecule has 0 spiro atoms. The predicted molar refractivity (Wildman–Crippen MR) is 109 cm³/mol. The van der Waals surface area contributed by atoms with Gasteiger partial charge in [-0.2, -0.15) is 0 Å². The van der Waals surface area contributed by atoms with Gasteiger partial charge >= 0.3 is 0 Å². The van der Waals surface area contributed by atoms with Crippen molar-refractivity contribution in [2.45, 2.75) is 25.6 Å². The highest BCUT2D eigenvalue weighted by molar-refractivity contribution is 7.23. The third-order valence-electron chi connectivity index (χ3n) is 4.77. The van der Waals surface area contributed by atoms with Crippen molar-refractivity contribution in [3.05, 3.63) is 41.9 Å². The van der Waals surface area contributed by atoms with Crippen LogP contribution in [0.3, 0.4) is 0 Å². The number of alkyl halides is 1. The summed E-state index contributed by atoms with van der Waals surface area (Å²) in [6.45, 7) is 2.50. The summed E-state index contributed by atoms with van der Waals surface area (Å²) in [7, 11) is 1.82. The lowest BCUT2D eigenvalue weighted by molar-refractivity contribution is 0.0779. The monoisotopic (exact) mass is 400 g/mol. The largest absolute Gasteiger partial charge is 0.380 e. The summed E-state index contributed by atoms with van der Waals surface area (Å²) >= 11 is 1.42. The first-order valence-corrected chi connectivity index (χ1v) is 9.96. The zero-order chi connectivity index (χ0) is 19.7. The van der Waals surface area contributed by atoms with Crippen LogP contribution in [0.5, 0.6) is 0 Å². The molecule has 146 valence electrons. The van der Waals surface area contributed by atoms with Crippen molar-refractivity contribution in [2.75, 3.05) is 30.8 Å². The van der Waals surface area contributed by atoms with Gasteiger partial charge in [0, 0.05) is 26.0 Å². The van der Waals surface area contributed by atoms with Crippen LogP contribution >= 0.6 is 11.3 Å². The standard InChI is InChI=1S/C19H21FN6OS/c1-11(12-4-3-6-22-9-12)23-19-24-14-8-15(21-2)28-17(14)16(25-19)18(27)26-7-5-13(20)10-26/h3-4,6,8-9,11,13,21H,5,7,10H2,1-2H3,(H,23,24,25)/t11?,13-/m0/s1. The lowest BCUT2D eigenvalue weighted by atomic mass is 10.1. The fourth-order valence-electron chi connectivity index (χ4n) is 3.22. The van der Waals surface area contributed by atoms with E-state index in [1.165, 1.54) is 16.2 Å². The van der Waals surface area contributed by atoms with Crippen molar-refractivity contribution in [1.29, 1.82) is 0 Å². The molecule has 2 atom stereocenters. The number of hydrogen-bond donors (Lipinski definition) is 2. The van der Waals surface area contributed by atoms with E-state index in [-0.39, 0.29) is 18.5 Å². The molecule has 2 N–H and O–H groups in total. The molecular weight excluding hydrogens is 379 g/mol. The first kappa shape index (κ1) is 18.5. The maximum atomic E-state index is 13.6. The molecule has 7 nitrogen and oxygen atoms in total. The fourth-order valence-corrected chi connectivity index (χ4v) is 4.15. The van der Waals surface area contributed by atoms with Crippen molar-refractivity contribution in [2.24, 2.45) is 0 Å². The van der Waals surface area contributed by atoms with Crippen LogP contribution in [0.4, 0.5) is 15.3 Å². The van der Waals surface area contributed by atoms with E-state index < -0.39 is 6.17 Å². The van der Waals surface area contributed by atoms with Gasteiger partial charge in [-0.1, -0.05) is 6.07 Å². The Morgan fingerprint density at radius 2 is 2.29 bits per heavy atom. The number of rotatable bonds is 5. The Bertz CT molecular complexity index is 995. The number of thiophene rings is 1. The van der Waals surface area contributed by atoms with Gasteiger partial charge in [-0.25, -0.2) is 14.4 Å². The van der Waals surface area contributed by atoms with Crippen LogP contribution in [0.2, 0.25) is 0 Å². The van der Waals surface area contributed by atoms with E-state index in [1.54, 1.807) is 12.4 Å². The molecule has 1 unspecified atom stereocenters. The Morgan fingerprint density at radius 3 is 2.96 bits per heavy atom. The zero-order valence-corrected chi connectivity index (χ0v) is 16.5. The summed E-state index contributed by atoms with van der Waals surface area (Å²) in [5.41, 5.74) is 1.98. The van der Waals surface area contributed by atoms with Gasteiger partial charge in [0.15, 0.2) is 5.69 Å². The van der Waals surface area contributed by atoms with E-state index in [2.05, 4.69) is 25.6 Å². The van der Waals surface area contributed by atoms with Gasteiger partial charge in [-0.3, -0.25) is 9.78 Å². The minimum atomic E-state index is -0.972. The van der Waals surface area contributed by atoms with Gasteiger partial charge < -0.3 is 15.5 Å². The van der Waals surface area contributed by atoms with E-state index in [9.17, 15) is 9.18 Å². The zero-order valence-electron chi connectivity index (χ0n) is 15.6. The molecule has 4 heterocycles. The van der Waals surface area contributed by atoms with Crippen molar-refractivity contribution >= 4 is 38.4 Å². The smallest absolute Gasteiger partial charge is 0.274 e. The number of carbonyl (C=O) groups excluding carboxylic acids is 1. The van der Waals surface area contributed by atoms with E-state index in [0.29, 0.717) is 34.8 Å². The maximum absolute atomic E-state index is 13.6. The topological polar surface area (TPSA) is 83.0 Å².